The highest BCUT2D eigenvalue weighted by molar-refractivity contribution is 7.95. The van der Waals surface area contributed by atoms with E-state index in [0.29, 0.717) is 0 Å². The van der Waals surface area contributed by atoms with Crippen molar-refractivity contribution in [3.05, 3.63) is 11.5 Å². The van der Waals surface area contributed by atoms with Crippen LogP contribution in [0.2, 0.25) is 0 Å². The minimum atomic E-state index is -5.61. The molecule has 0 bridgehead atoms. The average molecular weight is 320 g/mol. The second-order valence-electron chi connectivity index (χ2n) is 2.92. The predicted molar refractivity (Wildman–Crippen MR) is 48.6 cm³/mol. The van der Waals surface area contributed by atoms with Crippen molar-refractivity contribution < 1.29 is 43.2 Å². The molecule has 0 aromatic carbocycles. The van der Waals surface area contributed by atoms with Gasteiger partial charge in [-0.25, -0.2) is 16.8 Å². The molecule has 108 valence electrons. The molecule has 0 rings (SSSR count). The fraction of sp³-hybridized carbons (Fsp3) is 0.667. The van der Waals surface area contributed by atoms with E-state index in [0.717, 1.165) is 0 Å². The average Bonchev–Trinajstić information content (AvgIpc) is 2.08. The van der Waals surface area contributed by atoms with Crippen molar-refractivity contribution in [2.24, 2.45) is 0 Å². The van der Waals surface area contributed by atoms with Crippen molar-refractivity contribution in [3.63, 3.8) is 0 Å². The third kappa shape index (κ3) is 4.48. The van der Waals surface area contributed by atoms with E-state index in [-0.39, 0.29) is 11.5 Å². The first kappa shape index (κ1) is 17.2. The van der Waals surface area contributed by atoms with E-state index in [9.17, 15) is 43.2 Å². The van der Waals surface area contributed by atoms with Gasteiger partial charge in [0.1, 0.15) is 0 Å². The minimum absolute atomic E-state index is 0.201. The van der Waals surface area contributed by atoms with Crippen LogP contribution in [-0.4, -0.2) is 33.6 Å². The van der Waals surface area contributed by atoms with Gasteiger partial charge in [0.15, 0.2) is 0 Å². The highest BCUT2D eigenvalue weighted by Gasteiger charge is 2.45. The molecule has 0 heterocycles. The van der Waals surface area contributed by atoms with Crippen molar-refractivity contribution in [1.82, 2.24) is 0 Å². The molecule has 4 nitrogen and oxygen atoms in total. The SMILES string of the molecule is O=S(=O)(C=CCCS(=O)(=O)C(F)(F)F)C(F)(F)F. The topological polar surface area (TPSA) is 68.3 Å². The van der Waals surface area contributed by atoms with E-state index >= 15 is 0 Å². The van der Waals surface area contributed by atoms with E-state index in [1.165, 1.54) is 0 Å². The third-order valence-corrected chi connectivity index (χ3v) is 4.18. The minimum Gasteiger partial charge on any atom is -0.220 e. The van der Waals surface area contributed by atoms with Crippen molar-refractivity contribution >= 4 is 19.7 Å². The van der Waals surface area contributed by atoms with Crippen LogP contribution in [0.3, 0.4) is 0 Å². The van der Waals surface area contributed by atoms with E-state index in [1.54, 1.807) is 0 Å². The highest BCUT2D eigenvalue weighted by atomic mass is 32.2. The molecule has 0 saturated carbocycles. The van der Waals surface area contributed by atoms with Gasteiger partial charge >= 0.3 is 11.0 Å². The van der Waals surface area contributed by atoms with Crippen LogP contribution < -0.4 is 0 Å². The summed E-state index contributed by atoms with van der Waals surface area (Å²) in [6.45, 7) is 0. The van der Waals surface area contributed by atoms with Gasteiger partial charge in [-0.05, 0) is 6.42 Å². The number of allylic oxidation sites excluding steroid dienone is 1. The second-order valence-corrected chi connectivity index (χ2v) is 6.84. The number of sulfone groups is 2. The van der Waals surface area contributed by atoms with Gasteiger partial charge in [-0.2, -0.15) is 26.3 Å². The van der Waals surface area contributed by atoms with Gasteiger partial charge in [0.2, 0.25) is 9.84 Å². The van der Waals surface area contributed by atoms with Crippen LogP contribution in [0.4, 0.5) is 26.3 Å². The third-order valence-electron chi connectivity index (χ3n) is 1.50. The summed E-state index contributed by atoms with van der Waals surface area (Å²) < 4.78 is 112. The maximum absolute atomic E-state index is 11.8. The number of halogens is 6. The summed E-state index contributed by atoms with van der Waals surface area (Å²) >= 11 is 0. The molecule has 0 unspecified atom stereocenters. The van der Waals surface area contributed by atoms with Gasteiger partial charge in [0.25, 0.3) is 9.84 Å². The Morgan fingerprint density at radius 1 is 0.833 bits per heavy atom. The number of rotatable bonds is 4. The molecule has 0 atom stereocenters. The molecule has 0 saturated heterocycles. The lowest BCUT2D eigenvalue weighted by atomic mass is 10.5. The summed E-state index contributed by atoms with van der Waals surface area (Å²) in [6.07, 6.45) is -0.802. The van der Waals surface area contributed by atoms with Gasteiger partial charge in [-0.1, -0.05) is 6.08 Å². The Balaban J connectivity index is 4.67. The lowest BCUT2D eigenvalue weighted by molar-refractivity contribution is -0.0438. The smallest absolute Gasteiger partial charge is 0.220 e. The summed E-state index contributed by atoms with van der Waals surface area (Å²) in [6, 6.07) is 0. The molecule has 0 spiro atoms. The molecule has 0 aliphatic heterocycles. The molecule has 0 amide bonds. The van der Waals surface area contributed by atoms with Crippen molar-refractivity contribution in [2.45, 2.75) is 17.4 Å². The zero-order valence-electron chi connectivity index (χ0n) is 8.29. The zero-order valence-corrected chi connectivity index (χ0v) is 9.92. The molecular formula is C6H6F6O4S2. The van der Waals surface area contributed by atoms with E-state index in [1.807, 2.05) is 0 Å². The highest BCUT2D eigenvalue weighted by Crippen LogP contribution is 2.26. The first-order valence-corrected chi connectivity index (χ1v) is 7.17. The van der Waals surface area contributed by atoms with E-state index in [2.05, 4.69) is 0 Å². The van der Waals surface area contributed by atoms with Crippen LogP contribution in [0.25, 0.3) is 0 Å². The lowest BCUT2D eigenvalue weighted by Crippen LogP contribution is -2.26. The Morgan fingerprint density at radius 2 is 1.28 bits per heavy atom. The van der Waals surface area contributed by atoms with Crippen molar-refractivity contribution in [3.8, 4) is 0 Å². The second kappa shape index (κ2) is 5.07. The van der Waals surface area contributed by atoms with Crippen LogP contribution in [0.15, 0.2) is 11.5 Å². The first-order chi connectivity index (χ1) is 7.71. The molecule has 0 aliphatic rings. The number of alkyl halides is 6. The Bertz CT molecular complexity index is 509. The Labute approximate surface area is 98.1 Å². The number of hydrogen-bond donors (Lipinski definition) is 0. The summed E-state index contributed by atoms with van der Waals surface area (Å²) in [5, 5.41) is -0.376. The van der Waals surface area contributed by atoms with Crippen LogP contribution in [0.1, 0.15) is 6.42 Å². The molecule has 0 fully saturated rings. The zero-order chi connectivity index (χ0) is 14.8. The van der Waals surface area contributed by atoms with Gasteiger partial charge in [-0.15, -0.1) is 0 Å². The van der Waals surface area contributed by atoms with E-state index < -0.39 is 42.9 Å². The summed E-state index contributed by atoms with van der Waals surface area (Å²) in [7, 11) is -11.1. The molecule has 0 aromatic rings. The molecular weight excluding hydrogens is 314 g/mol. The largest absolute Gasteiger partial charge is 0.501 e. The van der Waals surface area contributed by atoms with Crippen LogP contribution >= 0.6 is 0 Å². The summed E-state index contributed by atoms with van der Waals surface area (Å²) in [5.41, 5.74) is -11.1. The summed E-state index contributed by atoms with van der Waals surface area (Å²) in [5.74, 6) is -1.53. The summed E-state index contributed by atoms with van der Waals surface area (Å²) in [4.78, 5) is 0. The van der Waals surface area contributed by atoms with Crippen molar-refractivity contribution in [1.29, 1.82) is 0 Å². The number of hydrogen-bond acceptors (Lipinski definition) is 4. The monoisotopic (exact) mass is 320 g/mol. The van der Waals surface area contributed by atoms with Crippen LogP contribution in [-0.2, 0) is 19.7 Å². The molecule has 0 aliphatic carbocycles. The van der Waals surface area contributed by atoms with Crippen LogP contribution in [0, 0.1) is 0 Å². The normalized spacial score (nSPS) is 15.2. The molecule has 0 N–H and O–H groups in total. The fourth-order valence-electron chi connectivity index (χ4n) is 0.611. The maximum atomic E-state index is 11.8. The molecule has 0 radical (unpaired) electrons. The molecule has 0 aromatic heterocycles. The first-order valence-electron chi connectivity index (χ1n) is 3.97. The fourth-order valence-corrected chi connectivity index (χ4v) is 1.83. The quantitative estimate of drug-likeness (QED) is 0.740. The Morgan fingerprint density at radius 3 is 1.61 bits per heavy atom. The molecule has 18 heavy (non-hydrogen) atoms. The standard InChI is InChI=1S/C6H6F6O4S2/c7-5(8,9)17(13,14)3-1-2-4-18(15,16)6(10,11)12/h1,3H,2,4H2. The van der Waals surface area contributed by atoms with E-state index in [4.69, 9.17) is 0 Å². The molecule has 12 heteroatoms. The van der Waals surface area contributed by atoms with Gasteiger partial charge in [-0.3, -0.25) is 0 Å². The van der Waals surface area contributed by atoms with Gasteiger partial charge in [0, 0.05) is 5.41 Å². The van der Waals surface area contributed by atoms with Gasteiger partial charge < -0.3 is 0 Å². The Hall–Kier alpha value is -0.780. The maximum Gasteiger partial charge on any atom is 0.501 e. The predicted octanol–water partition coefficient (Wildman–Crippen LogP) is 1.76. The van der Waals surface area contributed by atoms with Crippen LogP contribution in [0.5, 0.6) is 0 Å². The van der Waals surface area contributed by atoms with Crippen molar-refractivity contribution in [2.75, 3.05) is 5.75 Å². The lowest BCUT2D eigenvalue weighted by Gasteiger charge is -2.06. The van der Waals surface area contributed by atoms with Gasteiger partial charge in [0.05, 0.1) is 5.75 Å². The Kier molecular flexibility index (Phi) is 4.85.